The van der Waals surface area contributed by atoms with Crippen LogP contribution in [0, 0.1) is 23.7 Å². The number of carbonyl (C=O) groups excluding carboxylic acids is 4. The smallest absolute Gasteiger partial charge is 0.462 e. The van der Waals surface area contributed by atoms with Gasteiger partial charge in [0, 0.05) is 25.7 Å². The molecule has 0 heterocycles. The van der Waals surface area contributed by atoms with Gasteiger partial charge >= 0.3 is 39.5 Å². The van der Waals surface area contributed by atoms with Gasteiger partial charge in [-0.25, -0.2) is 9.13 Å². The molecule has 0 aliphatic rings. The Kier molecular flexibility index (Phi) is 63.1. The van der Waals surface area contributed by atoms with Crippen molar-refractivity contribution in [1.29, 1.82) is 0 Å². The highest BCUT2D eigenvalue weighted by Crippen LogP contribution is 2.45. The van der Waals surface area contributed by atoms with E-state index in [9.17, 15) is 43.2 Å². The highest BCUT2D eigenvalue weighted by molar-refractivity contribution is 7.47. The molecule has 0 bridgehead atoms. The predicted octanol–water partition coefficient (Wildman–Crippen LogP) is 21.7. The average molecular weight is 1380 g/mol. The van der Waals surface area contributed by atoms with Crippen molar-refractivity contribution in [3.63, 3.8) is 0 Å². The molecule has 0 spiro atoms. The fourth-order valence-electron chi connectivity index (χ4n) is 11.3. The van der Waals surface area contributed by atoms with Crippen molar-refractivity contribution < 1.29 is 80.2 Å². The van der Waals surface area contributed by atoms with E-state index < -0.39 is 97.5 Å². The van der Waals surface area contributed by atoms with Crippen molar-refractivity contribution in [3.05, 3.63) is 0 Å². The van der Waals surface area contributed by atoms with Crippen molar-refractivity contribution in [2.45, 2.75) is 395 Å². The molecule has 5 unspecified atom stereocenters. The molecule has 17 nitrogen and oxygen atoms in total. The number of ether oxygens (including phenoxy) is 4. The van der Waals surface area contributed by atoms with Crippen molar-refractivity contribution in [2.75, 3.05) is 39.6 Å². The van der Waals surface area contributed by atoms with Crippen molar-refractivity contribution in [3.8, 4) is 0 Å². The lowest BCUT2D eigenvalue weighted by Gasteiger charge is -2.21. The minimum absolute atomic E-state index is 0.104. The van der Waals surface area contributed by atoms with Gasteiger partial charge in [0.1, 0.15) is 19.3 Å². The minimum Gasteiger partial charge on any atom is -0.462 e. The zero-order valence-electron chi connectivity index (χ0n) is 61.6. The Hall–Kier alpha value is -1.94. The third-order valence-electron chi connectivity index (χ3n) is 18.0. The fraction of sp³-hybridized carbons (Fsp3) is 0.947. The van der Waals surface area contributed by atoms with Gasteiger partial charge in [0.25, 0.3) is 0 Å². The van der Waals surface area contributed by atoms with Gasteiger partial charge in [-0.15, -0.1) is 0 Å². The highest BCUT2D eigenvalue weighted by Gasteiger charge is 2.30. The molecular weight excluding hydrogens is 1230 g/mol. The predicted molar refractivity (Wildman–Crippen MR) is 381 cm³/mol. The van der Waals surface area contributed by atoms with Gasteiger partial charge in [0.2, 0.25) is 0 Å². The lowest BCUT2D eigenvalue weighted by atomic mass is 9.99. The van der Waals surface area contributed by atoms with E-state index in [2.05, 4.69) is 55.4 Å². The number of carbonyl (C=O) groups is 4. The molecule has 94 heavy (non-hydrogen) atoms. The van der Waals surface area contributed by atoms with E-state index in [0.717, 1.165) is 114 Å². The summed E-state index contributed by atoms with van der Waals surface area (Å²) in [6, 6.07) is 0. The third-order valence-corrected chi connectivity index (χ3v) is 19.9. The number of aliphatic hydroxyl groups is 1. The first kappa shape index (κ1) is 92.1. The van der Waals surface area contributed by atoms with Crippen LogP contribution in [0.2, 0.25) is 0 Å². The number of phosphoric ester groups is 2. The monoisotopic (exact) mass is 1380 g/mol. The Morgan fingerprint density at radius 3 is 0.755 bits per heavy atom. The zero-order valence-corrected chi connectivity index (χ0v) is 63.4. The summed E-state index contributed by atoms with van der Waals surface area (Å²) in [7, 11) is -9.91. The Bertz CT molecular complexity index is 1850. The van der Waals surface area contributed by atoms with Gasteiger partial charge in [-0.2, -0.15) is 0 Å². The van der Waals surface area contributed by atoms with Crippen LogP contribution >= 0.6 is 15.6 Å². The fourth-order valence-corrected chi connectivity index (χ4v) is 12.9. The molecule has 0 fully saturated rings. The minimum atomic E-state index is -4.96. The molecule has 0 saturated carbocycles. The standard InChI is InChI=1S/C75H146O17P2/c1-9-67(7)53-45-37-28-22-19-20-23-30-39-47-55-72(77)85-61-70(92-75(80)58-50-42-32-26-25-29-38-46-54-68(8)10-2)63-89-93(81,82)87-59-69(76)60-88-94(83,84)90-64-71(62-86-73(78)56-48-40-34-33-36-44-52-66(5)6)91-74(79)57-49-41-31-24-18-16-14-12-11-13-15-17-21-27-35-43-51-65(3)4/h65-71,76H,9-64H2,1-8H3,(H,81,82)(H,83,84)/t67?,68?,69?,70-,71-/m1/s1. The van der Waals surface area contributed by atoms with Crippen LogP contribution in [-0.4, -0.2) is 96.7 Å². The third kappa shape index (κ3) is 66.0. The molecule has 558 valence electrons. The van der Waals surface area contributed by atoms with Gasteiger partial charge in [-0.05, 0) is 49.4 Å². The van der Waals surface area contributed by atoms with Crippen LogP contribution in [0.3, 0.4) is 0 Å². The summed E-state index contributed by atoms with van der Waals surface area (Å²) in [6.45, 7) is 14.2. The molecule has 0 aliphatic heterocycles. The quantitative estimate of drug-likeness (QED) is 0.0222. The maximum absolute atomic E-state index is 13.0. The molecule has 0 aromatic rings. The molecule has 7 atom stereocenters. The van der Waals surface area contributed by atoms with Gasteiger partial charge in [-0.3, -0.25) is 37.3 Å². The summed E-state index contributed by atoms with van der Waals surface area (Å²) in [6.07, 6.45) is 48.6. The molecule has 0 radical (unpaired) electrons. The first-order valence-corrected chi connectivity index (χ1v) is 41.8. The van der Waals surface area contributed by atoms with E-state index in [1.165, 1.54) is 173 Å². The highest BCUT2D eigenvalue weighted by atomic mass is 31.2. The molecule has 0 aliphatic carbocycles. The van der Waals surface area contributed by atoms with Crippen LogP contribution in [-0.2, 0) is 65.4 Å². The van der Waals surface area contributed by atoms with Crippen molar-refractivity contribution >= 4 is 39.5 Å². The Labute approximate surface area is 575 Å². The molecule has 0 amide bonds. The number of unbranched alkanes of at least 4 members (excludes halogenated alkanes) is 36. The largest absolute Gasteiger partial charge is 0.472 e. The first-order chi connectivity index (χ1) is 45.2. The van der Waals surface area contributed by atoms with Gasteiger partial charge in [-0.1, -0.05) is 325 Å². The topological polar surface area (TPSA) is 237 Å². The summed E-state index contributed by atoms with van der Waals surface area (Å²) in [5.74, 6) is 0.942. The van der Waals surface area contributed by atoms with Crippen LogP contribution in [0.1, 0.15) is 376 Å². The molecule has 0 aromatic heterocycles. The summed E-state index contributed by atoms with van der Waals surface area (Å²) >= 11 is 0. The van der Waals surface area contributed by atoms with E-state index in [4.69, 9.17) is 37.0 Å². The summed E-state index contributed by atoms with van der Waals surface area (Å²) in [5.41, 5.74) is 0. The number of esters is 4. The molecule has 3 N–H and O–H groups in total. The summed E-state index contributed by atoms with van der Waals surface area (Å²) in [5, 5.41) is 10.6. The average Bonchev–Trinajstić information content (AvgIpc) is 1.24. The van der Waals surface area contributed by atoms with E-state index >= 15 is 0 Å². The number of hydrogen-bond acceptors (Lipinski definition) is 15. The number of rotatable bonds is 72. The van der Waals surface area contributed by atoms with Gasteiger partial charge < -0.3 is 33.8 Å². The molecule has 0 saturated heterocycles. The maximum Gasteiger partial charge on any atom is 0.472 e. The van der Waals surface area contributed by atoms with Gasteiger partial charge in [0.15, 0.2) is 12.2 Å². The normalized spacial score (nSPS) is 14.7. The molecule has 19 heteroatoms. The molecule has 0 rings (SSSR count). The second-order valence-corrected chi connectivity index (χ2v) is 31.4. The number of hydrogen-bond donors (Lipinski definition) is 3. The van der Waals surface area contributed by atoms with Gasteiger partial charge in [0.05, 0.1) is 26.4 Å². The van der Waals surface area contributed by atoms with Crippen LogP contribution in [0.25, 0.3) is 0 Å². The summed E-state index contributed by atoms with van der Waals surface area (Å²) in [4.78, 5) is 72.7. The maximum atomic E-state index is 13.0. The van der Waals surface area contributed by atoms with E-state index in [-0.39, 0.29) is 25.7 Å². The second-order valence-electron chi connectivity index (χ2n) is 28.5. The van der Waals surface area contributed by atoms with E-state index in [1.807, 2.05) is 0 Å². The Morgan fingerprint density at radius 1 is 0.298 bits per heavy atom. The van der Waals surface area contributed by atoms with Crippen LogP contribution in [0.5, 0.6) is 0 Å². The lowest BCUT2D eigenvalue weighted by Crippen LogP contribution is -2.30. The van der Waals surface area contributed by atoms with Crippen LogP contribution < -0.4 is 0 Å². The lowest BCUT2D eigenvalue weighted by molar-refractivity contribution is -0.161. The number of phosphoric acid groups is 2. The first-order valence-electron chi connectivity index (χ1n) is 38.8. The Balaban J connectivity index is 5.21. The SMILES string of the molecule is CCC(C)CCCCCCCCCCCCC(=O)OC[C@H](COP(=O)(O)OCC(O)COP(=O)(O)OC[C@@H](COC(=O)CCCCCCCCC(C)C)OC(=O)CCCCCCCCCCCCCCCCCCC(C)C)OC(=O)CCCCCCCCCCC(C)CC. The zero-order chi connectivity index (χ0) is 69.6. The number of aliphatic hydroxyl groups excluding tert-OH is 1. The van der Waals surface area contributed by atoms with Crippen LogP contribution in [0.4, 0.5) is 0 Å². The van der Waals surface area contributed by atoms with Crippen molar-refractivity contribution in [2.24, 2.45) is 23.7 Å². The second kappa shape index (κ2) is 64.4. The van der Waals surface area contributed by atoms with Crippen LogP contribution in [0.15, 0.2) is 0 Å². The Morgan fingerprint density at radius 2 is 0.511 bits per heavy atom. The van der Waals surface area contributed by atoms with E-state index in [1.54, 1.807) is 0 Å². The van der Waals surface area contributed by atoms with E-state index in [0.29, 0.717) is 31.6 Å². The molecule has 0 aromatic carbocycles. The summed E-state index contributed by atoms with van der Waals surface area (Å²) < 4.78 is 68.4. The molecular formula is C75H146O17P2. The van der Waals surface area contributed by atoms with Crippen molar-refractivity contribution in [1.82, 2.24) is 0 Å².